The number of anilines is 1. The van der Waals surface area contributed by atoms with Gasteiger partial charge in [0, 0.05) is 31.1 Å². The fourth-order valence-corrected chi connectivity index (χ4v) is 2.68. The lowest BCUT2D eigenvalue weighted by atomic mass is 10.1. The Hall–Kier alpha value is -3.01. The van der Waals surface area contributed by atoms with E-state index in [0.29, 0.717) is 5.69 Å². The highest BCUT2D eigenvalue weighted by Crippen LogP contribution is 2.19. The molecule has 0 fully saturated rings. The molecule has 3 aromatic carbocycles. The predicted molar refractivity (Wildman–Crippen MR) is 103 cm³/mol. The summed E-state index contributed by atoms with van der Waals surface area (Å²) in [6, 6.07) is 21.9. The van der Waals surface area contributed by atoms with Gasteiger partial charge in [-0.05, 0) is 42.3 Å². The van der Waals surface area contributed by atoms with Gasteiger partial charge in [0.25, 0.3) is 0 Å². The Morgan fingerprint density at radius 3 is 2.27 bits per heavy atom. The molecule has 0 spiro atoms. The van der Waals surface area contributed by atoms with E-state index in [0.717, 1.165) is 36.5 Å². The molecule has 0 bridgehead atoms. The maximum absolute atomic E-state index is 13.2. The van der Waals surface area contributed by atoms with E-state index in [1.165, 1.54) is 11.6 Å². The lowest BCUT2D eigenvalue weighted by molar-refractivity contribution is 0.509. The van der Waals surface area contributed by atoms with Gasteiger partial charge in [-0.2, -0.15) is 0 Å². The Balaban J connectivity index is 1.70. The number of nitrogens with zero attached hydrogens (tertiary/aromatic N) is 2. The van der Waals surface area contributed by atoms with Gasteiger partial charge in [0.1, 0.15) is 0 Å². The molecule has 0 aliphatic rings. The summed E-state index contributed by atoms with van der Waals surface area (Å²) in [5.41, 5.74) is 3.67. The van der Waals surface area contributed by atoms with Crippen LogP contribution in [0.25, 0.3) is 0 Å². The van der Waals surface area contributed by atoms with Gasteiger partial charge in [0.15, 0.2) is 11.6 Å². The summed E-state index contributed by atoms with van der Waals surface area (Å²) in [5, 5.41) is 0. The third-order valence-corrected chi connectivity index (χ3v) is 4.12. The molecule has 0 N–H and O–H groups in total. The van der Waals surface area contributed by atoms with Crippen LogP contribution in [0, 0.1) is 11.6 Å². The van der Waals surface area contributed by atoms with Crippen LogP contribution < -0.4 is 4.90 Å². The van der Waals surface area contributed by atoms with E-state index >= 15 is 0 Å². The van der Waals surface area contributed by atoms with Crippen LogP contribution in [0.1, 0.15) is 18.1 Å². The van der Waals surface area contributed by atoms with E-state index in [9.17, 15) is 8.78 Å². The fraction of sp³-hybridized carbons (Fsp3) is 0.136. The predicted octanol–water partition coefficient (Wildman–Crippen LogP) is 5.74. The Labute approximate surface area is 152 Å². The summed E-state index contributed by atoms with van der Waals surface area (Å²) < 4.78 is 26.2. The first-order valence-corrected chi connectivity index (χ1v) is 8.54. The molecule has 26 heavy (non-hydrogen) atoms. The van der Waals surface area contributed by atoms with Gasteiger partial charge < -0.3 is 4.90 Å². The zero-order chi connectivity index (χ0) is 18.4. The summed E-state index contributed by atoms with van der Waals surface area (Å²) in [6.45, 7) is 3.87. The van der Waals surface area contributed by atoms with Crippen molar-refractivity contribution in [2.75, 3.05) is 11.4 Å². The summed E-state index contributed by atoms with van der Waals surface area (Å²) in [5.74, 6) is -1.76. The quantitative estimate of drug-likeness (QED) is 0.518. The third kappa shape index (κ3) is 4.54. The van der Waals surface area contributed by atoms with Crippen molar-refractivity contribution < 1.29 is 8.78 Å². The van der Waals surface area contributed by atoms with Gasteiger partial charge >= 0.3 is 0 Å². The van der Waals surface area contributed by atoms with Crippen LogP contribution >= 0.6 is 0 Å². The molecule has 0 aromatic heterocycles. The van der Waals surface area contributed by atoms with Gasteiger partial charge in [-0.3, -0.25) is 4.99 Å². The van der Waals surface area contributed by atoms with E-state index in [2.05, 4.69) is 28.9 Å². The van der Waals surface area contributed by atoms with Crippen molar-refractivity contribution in [1.29, 1.82) is 0 Å². The minimum atomic E-state index is -0.894. The van der Waals surface area contributed by atoms with Crippen molar-refractivity contribution in [2.24, 2.45) is 4.99 Å². The summed E-state index contributed by atoms with van der Waals surface area (Å²) in [6.07, 6.45) is 1.64. The number of aliphatic imine (C=N–C) groups is 1. The largest absolute Gasteiger partial charge is 0.367 e. The maximum atomic E-state index is 13.2. The van der Waals surface area contributed by atoms with Crippen molar-refractivity contribution in [1.82, 2.24) is 0 Å². The molecule has 0 amide bonds. The summed E-state index contributed by atoms with van der Waals surface area (Å²) >= 11 is 0. The van der Waals surface area contributed by atoms with Crippen LogP contribution in [0.3, 0.4) is 0 Å². The van der Waals surface area contributed by atoms with E-state index < -0.39 is 11.6 Å². The van der Waals surface area contributed by atoms with Gasteiger partial charge in [0.2, 0.25) is 0 Å². The highest BCUT2D eigenvalue weighted by molar-refractivity contribution is 5.82. The van der Waals surface area contributed by atoms with Gasteiger partial charge in [-0.1, -0.05) is 42.5 Å². The molecule has 3 rings (SSSR count). The van der Waals surface area contributed by atoms with Gasteiger partial charge in [-0.25, -0.2) is 8.78 Å². The highest BCUT2D eigenvalue weighted by atomic mass is 19.2. The molecule has 2 nitrogen and oxygen atoms in total. The molecule has 4 heteroatoms. The van der Waals surface area contributed by atoms with Crippen molar-refractivity contribution in [2.45, 2.75) is 13.5 Å². The number of hydrogen-bond donors (Lipinski definition) is 0. The van der Waals surface area contributed by atoms with Crippen molar-refractivity contribution in [3.8, 4) is 0 Å². The average molecular weight is 350 g/mol. The normalized spacial score (nSPS) is 11.0. The van der Waals surface area contributed by atoms with E-state index in [-0.39, 0.29) is 0 Å². The number of benzene rings is 3. The molecule has 0 atom stereocenters. The summed E-state index contributed by atoms with van der Waals surface area (Å²) in [7, 11) is 0. The number of hydrogen-bond acceptors (Lipinski definition) is 2. The topological polar surface area (TPSA) is 15.6 Å². The van der Waals surface area contributed by atoms with Crippen molar-refractivity contribution >= 4 is 17.6 Å². The molecule has 3 aromatic rings. The zero-order valence-corrected chi connectivity index (χ0v) is 14.6. The minimum Gasteiger partial charge on any atom is -0.367 e. The van der Waals surface area contributed by atoms with E-state index in [4.69, 9.17) is 0 Å². The first kappa shape index (κ1) is 17.8. The Morgan fingerprint density at radius 1 is 0.885 bits per heavy atom. The Morgan fingerprint density at radius 2 is 1.62 bits per heavy atom. The van der Waals surface area contributed by atoms with Crippen LogP contribution in [0.5, 0.6) is 0 Å². The first-order chi connectivity index (χ1) is 12.7. The van der Waals surface area contributed by atoms with Crippen molar-refractivity contribution in [3.63, 3.8) is 0 Å². The first-order valence-electron chi connectivity index (χ1n) is 8.54. The zero-order valence-electron chi connectivity index (χ0n) is 14.6. The van der Waals surface area contributed by atoms with Crippen LogP contribution in [-0.4, -0.2) is 12.8 Å². The standard InChI is InChI=1S/C22H20F2N2/c1-2-26(16-18-6-4-3-5-7-18)20-11-8-17(9-12-20)15-25-19-10-13-21(23)22(24)14-19/h3-15H,2,16H2,1H3. The molecule has 0 saturated carbocycles. The lowest BCUT2D eigenvalue weighted by Crippen LogP contribution is -2.21. The second-order valence-corrected chi connectivity index (χ2v) is 5.95. The van der Waals surface area contributed by atoms with Crippen LogP contribution in [0.2, 0.25) is 0 Å². The fourth-order valence-electron chi connectivity index (χ4n) is 2.68. The van der Waals surface area contributed by atoms with Gasteiger partial charge in [-0.15, -0.1) is 0 Å². The average Bonchev–Trinajstić information content (AvgIpc) is 2.68. The molecular formula is C22H20F2N2. The molecule has 0 heterocycles. The smallest absolute Gasteiger partial charge is 0.160 e. The number of halogens is 2. The molecule has 0 saturated heterocycles. The highest BCUT2D eigenvalue weighted by Gasteiger charge is 2.05. The molecule has 132 valence electrons. The van der Waals surface area contributed by atoms with Gasteiger partial charge in [0.05, 0.1) is 5.69 Å². The molecule has 0 unspecified atom stereocenters. The van der Waals surface area contributed by atoms with Crippen LogP contribution in [-0.2, 0) is 6.54 Å². The monoisotopic (exact) mass is 350 g/mol. The Bertz CT molecular complexity index is 874. The maximum Gasteiger partial charge on any atom is 0.160 e. The molecule has 0 aliphatic carbocycles. The lowest BCUT2D eigenvalue weighted by Gasteiger charge is -2.23. The second-order valence-electron chi connectivity index (χ2n) is 5.95. The minimum absolute atomic E-state index is 0.382. The Kier molecular flexibility index (Phi) is 5.74. The molecule has 0 radical (unpaired) electrons. The number of rotatable bonds is 6. The van der Waals surface area contributed by atoms with Crippen LogP contribution in [0.15, 0.2) is 77.8 Å². The SMILES string of the molecule is CCN(Cc1ccccc1)c1ccc(C=Nc2ccc(F)c(F)c2)cc1. The second kappa shape index (κ2) is 8.39. The van der Waals surface area contributed by atoms with E-state index in [1.807, 2.05) is 42.5 Å². The molecular weight excluding hydrogens is 330 g/mol. The summed E-state index contributed by atoms with van der Waals surface area (Å²) in [4.78, 5) is 6.48. The third-order valence-electron chi connectivity index (χ3n) is 4.12. The van der Waals surface area contributed by atoms with Crippen LogP contribution in [0.4, 0.5) is 20.2 Å². The van der Waals surface area contributed by atoms with E-state index in [1.54, 1.807) is 6.21 Å². The van der Waals surface area contributed by atoms with Crippen molar-refractivity contribution in [3.05, 3.63) is 95.6 Å². The molecule has 0 aliphatic heterocycles.